The minimum atomic E-state index is -1.74. The first-order valence-corrected chi connectivity index (χ1v) is 22.1. The van der Waals surface area contributed by atoms with Gasteiger partial charge in [-0.1, -0.05) is 70.2 Å². The highest BCUT2D eigenvalue weighted by Gasteiger charge is 2.46. The number of nitrogens with two attached hydrogens (primary N) is 1. The largest absolute Gasteiger partial charge is 0.508 e. The molecule has 0 saturated carbocycles. The summed E-state index contributed by atoms with van der Waals surface area (Å²) in [6.45, 7) is 9.23. The molecule has 2 saturated heterocycles. The number of aromatic hydroxyl groups is 1. The second kappa shape index (κ2) is 23.6. The lowest BCUT2D eigenvalue weighted by molar-refractivity contribution is -0.165. The number of esters is 1. The van der Waals surface area contributed by atoms with Crippen molar-refractivity contribution in [3.63, 3.8) is 0 Å². The lowest BCUT2D eigenvalue weighted by Crippen LogP contribution is -2.65. The van der Waals surface area contributed by atoms with E-state index in [0.29, 0.717) is 11.1 Å². The lowest BCUT2D eigenvalue weighted by atomic mass is 9.95. The van der Waals surface area contributed by atoms with Crippen molar-refractivity contribution in [2.75, 3.05) is 7.05 Å². The number of primary amides is 1. The van der Waals surface area contributed by atoms with E-state index in [-0.39, 0.29) is 56.6 Å². The summed E-state index contributed by atoms with van der Waals surface area (Å²) in [6, 6.07) is 4.67. The molecule has 2 heterocycles. The molecule has 360 valence electrons. The highest BCUT2D eigenvalue weighted by molar-refractivity contribution is 5.98. The quantitative estimate of drug-likeness (QED) is 0.120. The number of piperidine rings is 1. The van der Waals surface area contributed by atoms with Crippen molar-refractivity contribution >= 4 is 53.2 Å². The van der Waals surface area contributed by atoms with E-state index in [0.717, 1.165) is 16.7 Å². The first-order valence-electron chi connectivity index (χ1n) is 22.1. The average molecular weight is 921 g/mol. The number of amides is 8. The standard InChI is InChI=1S/C46H64N8O12/c1-24(2)21-33-41(60)49-32-18-20-37(58)54(44(32)63)35(23-28-11-9-8-10-12-28)45(64)53(7)34(22-29-13-15-30(56)16-14-29)42(61)51-38(25(3)4)46(65)66-26(5)39(43(62)50-33)52-40(59)31(48-27(6)55)17-19-36(47)57/h8-16,24-26,31-35,37-39,56,58H,17-23H2,1-7H3,(H2,47,57)(H,48,55)(H,49,60)(H,50,62)(H,51,61)(H,52,59)/t26-,31+,32-,33-,34-,35-,37+,38-,39-/m0/s1. The molecule has 2 aliphatic rings. The number of hydrogen-bond acceptors (Lipinski definition) is 12. The number of aliphatic hydroxyl groups excluding tert-OH is 1. The molecular weight excluding hydrogens is 857 g/mol. The second-order valence-corrected chi connectivity index (χ2v) is 17.7. The van der Waals surface area contributed by atoms with E-state index in [2.05, 4.69) is 26.6 Å². The SMILES string of the molecule is CC(=O)N[C@H](CCC(N)=O)C(=O)N[C@@H]1C(=O)N[C@@H](CC(C)C)C(=O)N[C@H]2CC[C@@H](O)N(C2=O)[C@@H](Cc2ccccc2)C(=O)N(C)[C@@H](Cc2ccc(O)cc2)C(=O)N[C@@H](C(C)C)C(=O)O[C@H]1C. The molecule has 0 spiro atoms. The van der Waals surface area contributed by atoms with E-state index in [1.807, 2.05) is 0 Å². The fraction of sp³-hybridized carbons (Fsp3) is 0.543. The van der Waals surface area contributed by atoms with Gasteiger partial charge in [-0.3, -0.25) is 38.4 Å². The van der Waals surface area contributed by atoms with Crippen molar-refractivity contribution in [1.29, 1.82) is 0 Å². The van der Waals surface area contributed by atoms with Gasteiger partial charge in [-0.2, -0.15) is 0 Å². The van der Waals surface area contributed by atoms with Gasteiger partial charge in [0.05, 0.1) is 0 Å². The number of phenolic OH excluding ortho intramolecular Hbond substituents is 1. The van der Waals surface area contributed by atoms with E-state index >= 15 is 0 Å². The summed E-state index contributed by atoms with van der Waals surface area (Å²) >= 11 is 0. The van der Waals surface area contributed by atoms with Gasteiger partial charge in [-0.05, 0) is 67.7 Å². The molecule has 2 aromatic rings. The highest BCUT2D eigenvalue weighted by Crippen LogP contribution is 2.26. The summed E-state index contributed by atoms with van der Waals surface area (Å²) in [7, 11) is 1.36. The number of fused-ring (bicyclic) bond motifs is 2. The molecule has 9 N–H and O–H groups in total. The number of cyclic esters (lactones) is 1. The summed E-state index contributed by atoms with van der Waals surface area (Å²) in [5.74, 6) is -8.50. The summed E-state index contributed by atoms with van der Waals surface area (Å²) in [4.78, 5) is 127. The third-order valence-corrected chi connectivity index (χ3v) is 11.6. The first-order chi connectivity index (χ1) is 31.1. The summed E-state index contributed by atoms with van der Waals surface area (Å²) in [5.41, 5.74) is 6.44. The van der Waals surface area contributed by atoms with Crippen LogP contribution in [-0.4, -0.2) is 135 Å². The number of ether oxygens (including phenoxy) is 1. The number of nitrogens with zero attached hydrogens (tertiary/aromatic N) is 2. The zero-order valence-corrected chi connectivity index (χ0v) is 38.4. The Bertz CT molecular complexity index is 2080. The Labute approximate surface area is 384 Å². The molecule has 0 aromatic heterocycles. The highest BCUT2D eigenvalue weighted by atomic mass is 16.5. The van der Waals surface area contributed by atoms with Crippen LogP contribution in [0.25, 0.3) is 0 Å². The third kappa shape index (κ3) is 14.2. The molecule has 2 aliphatic heterocycles. The van der Waals surface area contributed by atoms with Crippen molar-refractivity contribution in [3.05, 3.63) is 65.7 Å². The van der Waals surface area contributed by atoms with Gasteiger partial charge in [0, 0.05) is 33.2 Å². The van der Waals surface area contributed by atoms with E-state index in [1.165, 1.54) is 26.1 Å². The average Bonchev–Trinajstić information content (AvgIpc) is 3.25. The summed E-state index contributed by atoms with van der Waals surface area (Å²) in [5, 5.41) is 34.5. The number of benzene rings is 2. The predicted octanol–water partition coefficient (Wildman–Crippen LogP) is -0.329. The van der Waals surface area contributed by atoms with E-state index < -0.39 is 114 Å². The van der Waals surface area contributed by atoms with Gasteiger partial charge >= 0.3 is 5.97 Å². The Hall–Kier alpha value is -6.57. The Morgan fingerprint density at radius 1 is 0.833 bits per heavy atom. The Balaban J connectivity index is 1.88. The lowest BCUT2D eigenvalue weighted by Gasteiger charge is -2.43. The number of likely N-dealkylation sites (N-methyl/N-ethyl adjacent to an activating group) is 1. The number of rotatable bonds is 13. The Morgan fingerprint density at radius 3 is 2.05 bits per heavy atom. The van der Waals surface area contributed by atoms with Crippen LogP contribution in [0.5, 0.6) is 5.75 Å². The normalized spacial score (nSPS) is 25.4. The minimum absolute atomic E-state index is 0.0244. The first kappa shape index (κ1) is 52.1. The van der Waals surface area contributed by atoms with Gasteiger partial charge < -0.3 is 57.1 Å². The zero-order valence-electron chi connectivity index (χ0n) is 38.4. The third-order valence-electron chi connectivity index (χ3n) is 11.6. The van der Waals surface area contributed by atoms with Crippen LogP contribution in [0.15, 0.2) is 54.6 Å². The van der Waals surface area contributed by atoms with E-state index in [1.54, 1.807) is 70.2 Å². The van der Waals surface area contributed by atoms with E-state index in [4.69, 9.17) is 10.5 Å². The fourth-order valence-corrected chi connectivity index (χ4v) is 7.95. The Kier molecular flexibility index (Phi) is 18.6. The maximum Gasteiger partial charge on any atom is 0.329 e. The van der Waals surface area contributed by atoms with Gasteiger partial charge in [0.25, 0.3) is 0 Å². The number of carbonyl (C=O) groups excluding carboxylic acids is 9. The van der Waals surface area contributed by atoms with Crippen LogP contribution in [0, 0.1) is 11.8 Å². The van der Waals surface area contributed by atoms with Gasteiger partial charge in [-0.15, -0.1) is 0 Å². The second-order valence-electron chi connectivity index (χ2n) is 17.7. The molecule has 0 aliphatic carbocycles. The van der Waals surface area contributed by atoms with Crippen LogP contribution in [-0.2, 0) is 60.7 Å². The molecule has 0 radical (unpaired) electrons. The molecule has 20 heteroatoms. The molecule has 8 amide bonds. The summed E-state index contributed by atoms with van der Waals surface area (Å²) in [6.07, 6.45) is -3.91. The molecule has 66 heavy (non-hydrogen) atoms. The van der Waals surface area contributed by atoms with Crippen molar-refractivity contribution in [3.8, 4) is 5.75 Å². The maximum atomic E-state index is 15.0. The topological polar surface area (TPSA) is 296 Å². The number of nitrogens with one attached hydrogen (secondary N) is 5. The van der Waals surface area contributed by atoms with Crippen LogP contribution in [0.2, 0.25) is 0 Å². The van der Waals surface area contributed by atoms with Gasteiger partial charge in [0.15, 0.2) is 0 Å². The molecule has 4 rings (SSSR count). The number of aliphatic hydroxyl groups is 1. The number of carbonyl (C=O) groups is 9. The fourth-order valence-electron chi connectivity index (χ4n) is 7.95. The smallest absolute Gasteiger partial charge is 0.329 e. The molecule has 9 atom stereocenters. The number of phenols is 1. The van der Waals surface area contributed by atoms with Crippen LogP contribution in [0.4, 0.5) is 0 Å². The Morgan fingerprint density at radius 2 is 1.45 bits per heavy atom. The van der Waals surface area contributed by atoms with Crippen molar-refractivity contribution in [1.82, 2.24) is 36.4 Å². The molecular formula is C46H64N8O12. The van der Waals surface area contributed by atoms with Crippen LogP contribution in [0.3, 0.4) is 0 Å². The van der Waals surface area contributed by atoms with Gasteiger partial charge in [0.2, 0.25) is 47.3 Å². The monoisotopic (exact) mass is 920 g/mol. The summed E-state index contributed by atoms with van der Waals surface area (Å²) < 4.78 is 5.83. The maximum absolute atomic E-state index is 15.0. The number of hydrogen-bond donors (Lipinski definition) is 8. The van der Waals surface area contributed by atoms with Crippen LogP contribution in [0.1, 0.15) is 84.8 Å². The van der Waals surface area contributed by atoms with Gasteiger partial charge in [0.1, 0.15) is 60.4 Å². The molecule has 2 aromatic carbocycles. The molecule has 2 fully saturated rings. The van der Waals surface area contributed by atoms with E-state index in [9.17, 15) is 53.4 Å². The van der Waals surface area contributed by atoms with Crippen LogP contribution >= 0.6 is 0 Å². The van der Waals surface area contributed by atoms with Crippen molar-refractivity contribution < 1.29 is 58.1 Å². The zero-order chi connectivity index (χ0) is 49.0. The minimum Gasteiger partial charge on any atom is -0.508 e. The molecule has 0 unspecified atom stereocenters. The van der Waals surface area contributed by atoms with Crippen LogP contribution < -0.4 is 32.3 Å². The molecule has 20 nitrogen and oxygen atoms in total. The predicted molar refractivity (Wildman–Crippen MR) is 238 cm³/mol. The van der Waals surface area contributed by atoms with Gasteiger partial charge in [-0.25, -0.2) is 4.79 Å². The molecule has 2 bridgehead atoms. The van der Waals surface area contributed by atoms with Crippen molar-refractivity contribution in [2.45, 2.75) is 141 Å². The van der Waals surface area contributed by atoms with Crippen molar-refractivity contribution in [2.24, 2.45) is 17.6 Å².